The lowest BCUT2D eigenvalue weighted by Gasteiger charge is -2.31. The zero-order valence-electron chi connectivity index (χ0n) is 11.8. The second kappa shape index (κ2) is 5.29. The van der Waals surface area contributed by atoms with Gasteiger partial charge < -0.3 is 4.74 Å². The zero-order chi connectivity index (χ0) is 13.3. The Morgan fingerprint density at radius 1 is 1.33 bits per heavy atom. The molecule has 2 aliphatic carbocycles. The molecule has 0 aromatic carbocycles. The van der Waals surface area contributed by atoms with Gasteiger partial charge in [0.05, 0.1) is 0 Å². The summed E-state index contributed by atoms with van der Waals surface area (Å²) in [7, 11) is 0. The average molecular weight is 248 g/mol. The first-order valence-electron chi connectivity index (χ1n) is 6.98. The van der Waals surface area contributed by atoms with Gasteiger partial charge in [0.15, 0.2) is 0 Å². The molecule has 5 unspecified atom stereocenters. The molecule has 2 bridgehead atoms. The van der Waals surface area contributed by atoms with Gasteiger partial charge in [-0.2, -0.15) is 0 Å². The molecule has 0 radical (unpaired) electrons. The summed E-state index contributed by atoms with van der Waals surface area (Å²) in [4.78, 5) is 11.3. The monoisotopic (exact) mass is 248 g/mol. The Labute approximate surface area is 110 Å². The Morgan fingerprint density at radius 2 is 2.00 bits per heavy atom. The van der Waals surface area contributed by atoms with E-state index in [1.54, 1.807) is 0 Å². The number of fused-ring (bicyclic) bond motifs is 2. The van der Waals surface area contributed by atoms with Gasteiger partial charge in [0.1, 0.15) is 6.10 Å². The van der Waals surface area contributed by atoms with Crippen molar-refractivity contribution >= 4 is 5.97 Å². The van der Waals surface area contributed by atoms with Gasteiger partial charge in [0, 0.05) is 19.3 Å². The van der Waals surface area contributed by atoms with Gasteiger partial charge in [-0.05, 0) is 38.0 Å². The fraction of sp³-hybridized carbons (Fsp3) is 0.688. The normalized spacial score (nSPS) is 34.4. The van der Waals surface area contributed by atoms with E-state index in [4.69, 9.17) is 4.74 Å². The van der Waals surface area contributed by atoms with E-state index in [0.717, 1.165) is 6.42 Å². The topological polar surface area (TPSA) is 26.3 Å². The number of hydrogen-bond donors (Lipinski definition) is 0. The van der Waals surface area contributed by atoms with E-state index in [0.29, 0.717) is 23.7 Å². The van der Waals surface area contributed by atoms with Crippen molar-refractivity contribution in [3.05, 3.63) is 23.8 Å². The summed E-state index contributed by atoms with van der Waals surface area (Å²) < 4.78 is 5.59. The van der Waals surface area contributed by atoms with E-state index in [-0.39, 0.29) is 12.1 Å². The van der Waals surface area contributed by atoms with Crippen molar-refractivity contribution in [1.29, 1.82) is 0 Å². The predicted molar refractivity (Wildman–Crippen MR) is 73.0 cm³/mol. The summed E-state index contributed by atoms with van der Waals surface area (Å²) in [5, 5.41) is 0. The molecule has 0 heterocycles. The molecule has 18 heavy (non-hydrogen) atoms. The first kappa shape index (κ1) is 13.4. The van der Waals surface area contributed by atoms with Crippen LogP contribution < -0.4 is 0 Å². The summed E-state index contributed by atoms with van der Waals surface area (Å²) in [6, 6.07) is 0. The van der Waals surface area contributed by atoms with Gasteiger partial charge in [0.2, 0.25) is 0 Å². The molecule has 1 fully saturated rings. The summed E-state index contributed by atoms with van der Waals surface area (Å²) in [6.45, 7) is 8.00. The van der Waals surface area contributed by atoms with Crippen molar-refractivity contribution in [2.24, 2.45) is 23.7 Å². The fourth-order valence-electron chi connectivity index (χ4n) is 3.57. The van der Waals surface area contributed by atoms with Crippen LogP contribution in [0.15, 0.2) is 23.8 Å². The van der Waals surface area contributed by atoms with Crippen LogP contribution in [-0.2, 0) is 9.53 Å². The van der Waals surface area contributed by atoms with Crippen LogP contribution in [0.5, 0.6) is 0 Å². The highest BCUT2D eigenvalue weighted by molar-refractivity contribution is 5.66. The molecule has 0 aliphatic heterocycles. The summed E-state index contributed by atoms with van der Waals surface area (Å²) in [5.41, 5.74) is 1.29. The number of ether oxygens (including phenoxy) is 1. The first-order chi connectivity index (χ1) is 8.49. The van der Waals surface area contributed by atoms with Crippen LogP contribution >= 0.6 is 0 Å². The minimum absolute atomic E-state index is 0.0485. The third kappa shape index (κ3) is 2.68. The van der Waals surface area contributed by atoms with Crippen LogP contribution in [-0.4, -0.2) is 12.1 Å². The van der Waals surface area contributed by atoms with Crippen LogP contribution in [0.1, 0.15) is 40.5 Å². The van der Waals surface area contributed by atoms with E-state index in [9.17, 15) is 4.79 Å². The number of esters is 1. The SMILES string of the molecule is CC(=O)OC(CC=C(C)C)C1C2C=CC(C2)C1C. The van der Waals surface area contributed by atoms with E-state index in [1.807, 2.05) is 0 Å². The quantitative estimate of drug-likeness (QED) is 0.559. The molecule has 2 nitrogen and oxygen atoms in total. The molecule has 0 amide bonds. The number of allylic oxidation sites excluding steroid dienone is 3. The summed E-state index contributed by atoms with van der Waals surface area (Å²) >= 11 is 0. The highest BCUT2D eigenvalue weighted by Gasteiger charge is 2.46. The van der Waals surface area contributed by atoms with Crippen LogP contribution in [0, 0.1) is 23.7 Å². The van der Waals surface area contributed by atoms with Gasteiger partial charge in [-0.1, -0.05) is 30.7 Å². The Balaban J connectivity index is 2.11. The Kier molecular flexibility index (Phi) is 3.94. The Bertz CT molecular complexity index is 377. The van der Waals surface area contributed by atoms with Crippen molar-refractivity contribution in [2.75, 3.05) is 0 Å². The third-order valence-electron chi connectivity index (χ3n) is 4.43. The molecule has 0 spiro atoms. The second-order valence-electron chi connectivity index (χ2n) is 6.05. The molecule has 0 N–H and O–H groups in total. The minimum atomic E-state index is -0.152. The van der Waals surface area contributed by atoms with Crippen LogP contribution in [0.25, 0.3) is 0 Å². The maximum atomic E-state index is 11.3. The van der Waals surface area contributed by atoms with Crippen LogP contribution in [0.2, 0.25) is 0 Å². The number of rotatable bonds is 4. The lowest BCUT2D eigenvalue weighted by molar-refractivity contribution is -0.150. The van der Waals surface area contributed by atoms with Crippen molar-refractivity contribution in [3.8, 4) is 0 Å². The number of carbonyl (C=O) groups excluding carboxylic acids is 1. The van der Waals surface area contributed by atoms with E-state index < -0.39 is 0 Å². The smallest absolute Gasteiger partial charge is 0.302 e. The summed E-state index contributed by atoms with van der Waals surface area (Å²) in [6.07, 6.45) is 9.02. The molecule has 2 rings (SSSR count). The van der Waals surface area contributed by atoms with Crippen LogP contribution in [0.3, 0.4) is 0 Å². The Hall–Kier alpha value is -1.05. The Morgan fingerprint density at radius 3 is 2.50 bits per heavy atom. The maximum Gasteiger partial charge on any atom is 0.302 e. The van der Waals surface area contributed by atoms with E-state index >= 15 is 0 Å². The van der Waals surface area contributed by atoms with Gasteiger partial charge in [-0.15, -0.1) is 0 Å². The average Bonchev–Trinajstić information content (AvgIpc) is 2.84. The van der Waals surface area contributed by atoms with E-state index in [2.05, 4.69) is 39.0 Å². The molecule has 0 aromatic rings. The highest BCUT2D eigenvalue weighted by Crippen LogP contribution is 2.50. The molecule has 1 saturated carbocycles. The summed E-state index contributed by atoms with van der Waals surface area (Å²) in [5.74, 6) is 2.29. The minimum Gasteiger partial charge on any atom is -0.462 e. The standard InChI is InChI=1S/C16H24O2/c1-10(2)5-8-15(18-12(4)17)16-11(3)13-6-7-14(16)9-13/h5-7,11,13-16H,8-9H2,1-4H3. The van der Waals surface area contributed by atoms with Gasteiger partial charge in [-0.25, -0.2) is 0 Å². The van der Waals surface area contributed by atoms with Gasteiger partial charge in [0.25, 0.3) is 0 Å². The van der Waals surface area contributed by atoms with Crippen molar-refractivity contribution in [3.63, 3.8) is 0 Å². The molecule has 5 atom stereocenters. The molecule has 0 aromatic heterocycles. The number of carbonyl (C=O) groups is 1. The van der Waals surface area contributed by atoms with Gasteiger partial charge in [-0.3, -0.25) is 4.79 Å². The first-order valence-corrected chi connectivity index (χ1v) is 6.98. The maximum absolute atomic E-state index is 11.3. The van der Waals surface area contributed by atoms with E-state index in [1.165, 1.54) is 18.9 Å². The fourth-order valence-corrected chi connectivity index (χ4v) is 3.57. The van der Waals surface area contributed by atoms with Crippen molar-refractivity contribution < 1.29 is 9.53 Å². The molecular weight excluding hydrogens is 224 g/mol. The van der Waals surface area contributed by atoms with Gasteiger partial charge >= 0.3 is 5.97 Å². The molecule has 100 valence electrons. The molecule has 2 heteroatoms. The van der Waals surface area contributed by atoms with Crippen molar-refractivity contribution in [1.82, 2.24) is 0 Å². The molecule has 2 aliphatic rings. The molecular formula is C16H24O2. The van der Waals surface area contributed by atoms with Crippen LogP contribution in [0.4, 0.5) is 0 Å². The lowest BCUT2D eigenvalue weighted by atomic mass is 9.79. The highest BCUT2D eigenvalue weighted by atomic mass is 16.5. The number of hydrogen-bond acceptors (Lipinski definition) is 2. The second-order valence-corrected chi connectivity index (χ2v) is 6.05. The largest absolute Gasteiger partial charge is 0.462 e. The zero-order valence-corrected chi connectivity index (χ0v) is 11.8. The lowest BCUT2D eigenvalue weighted by Crippen LogP contribution is -2.33. The predicted octanol–water partition coefficient (Wildman–Crippen LogP) is 3.73. The third-order valence-corrected chi connectivity index (χ3v) is 4.43. The van der Waals surface area contributed by atoms with Crippen molar-refractivity contribution in [2.45, 2.75) is 46.6 Å². The molecule has 0 saturated heterocycles.